The summed E-state index contributed by atoms with van der Waals surface area (Å²) in [5, 5.41) is 0. The molecule has 0 spiro atoms. The molecule has 1 aliphatic rings. The van der Waals surface area contributed by atoms with Gasteiger partial charge in [0.2, 0.25) is 0 Å². The van der Waals surface area contributed by atoms with E-state index in [4.69, 9.17) is 0 Å². The largest absolute Gasteiger partial charge is 0.341 e. The zero-order valence-electron chi connectivity index (χ0n) is 14.9. The Morgan fingerprint density at radius 2 is 2.20 bits per heavy atom. The van der Waals surface area contributed by atoms with Crippen molar-refractivity contribution in [3.63, 3.8) is 0 Å². The number of aryl methyl sites for hydroxylation is 1. The SMILES string of the molecule is Cc1cc(C(=O)N(C)C[C@@H]2CCN(C)[C@H]2c2cccnc2)ccc1F. The van der Waals surface area contributed by atoms with Crippen molar-refractivity contribution in [2.24, 2.45) is 5.92 Å². The molecule has 0 aliphatic carbocycles. The third-order valence-corrected chi connectivity index (χ3v) is 5.06. The Bertz CT molecular complexity index is 750. The number of carbonyl (C=O) groups excluding carboxylic acids is 1. The molecule has 4 nitrogen and oxygen atoms in total. The van der Waals surface area contributed by atoms with E-state index in [1.165, 1.54) is 11.6 Å². The van der Waals surface area contributed by atoms with Crippen LogP contribution < -0.4 is 0 Å². The van der Waals surface area contributed by atoms with Crippen molar-refractivity contribution in [3.05, 3.63) is 65.2 Å². The number of pyridine rings is 1. The van der Waals surface area contributed by atoms with Gasteiger partial charge in [0.05, 0.1) is 0 Å². The fraction of sp³-hybridized carbons (Fsp3) is 0.400. The Hall–Kier alpha value is -2.27. The number of amides is 1. The highest BCUT2D eigenvalue weighted by Crippen LogP contribution is 2.36. The number of benzene rings is 1. The van der Waals surface area contributed by atoms with Crippen LogP contribution in [0.25, 0.3) is 0 Å². The Labute approximate surface area is 148 Å². The number of hydrogen-bond acceptors (Lipinski definition) is 3. The first-order valence-electron chi connectivity index (χ1n) is 8.59. The predicted octanol–water partition coefficient (Wildman–Crippen LogP) is 3.29. The van der Waals surface area contributed by atoms with Crippen LogP contribution in [0.15, 0.2) is 42.7 Å². The third-order valence-electron chi connectivity index (χ3n) is 5.06. The summed E-state index contributed by atoms with van der Waals surface area (Å²) in [6.45, 7) is 3.34. The van der Waals surface area contributed by atoms with Crippen LogP contribution in [0, 0.1) is 18.7 Å². The summed E-state index contributed by atoms with van der Waals surface area (Å²) in [4.78, 5) is 21.0. The second kappa shape index (κ2) is 7.31. The number of carbonyl (C=O) groups is 1. The Morgan fingerprint density at radius 3 is 2.88 bits per heavy atom. The van der Waals surface area contributed by atoms with Crippen LogP contribution in [-0.2, 0) is 0 Å². The second-order valence-electron chi connectivity index (χ2n) is 6.91. The summed E-state index contributed by atoms with van der Waals surface area (Å²) in [7, 11) is 3.93. The maximum atomic E-state index is 13.4. The molecular formula is C20H24FN3O. The van der Waals surface area contributed by atoms with Crippen LogP contribution in [0.5, 0.6) is 0 Å². The molecule has 0 saturated carbocycles. The minimum atomic E-state index is -0.284. The lowest BCUT2D eigenvalue weighted by molar-refractivity contribution is 0.0760. The van der Waals surface area contributed by atoms with Crippen LogP contribution in [0.3, 0.4) is 0 Å². The van der Waals surface area contributed by atoms with Crippen LogP contribution in [-0.4, -0.2) is 47.9 Å². The summed E-state index contributed by atoms with van der Waals surface area (Å²) in [5.74, 6) is 0.000507. The summed E-state index contributed by atoms with van der Waals surface area (Å²) in [5.41, 5.74) is 2.21. The smallest absolute Gasteiger partial charge is 0.253 e. The first-order chi connectivity index (χ1) is 12.0. The first-order valence-corrected chi connectivity index (χ1v) is 8.59. The van der Waals surface area contributed by atoms with Crippen LogP contribution in [0.1, 0.15) is 33.9 Å². The van der Waals surface area contributed by atoms with Crippen molar-refractivity contribution in [1.29, 1.82) is 0 Å². The normalized spacial score (nSPS) is 20.6. The van der Waals surface area contributed by atoms with E-state index in [0.29, 0.717) is 23.6 Å². The van der Waals surface area contributed by atoms with Crippen molar-refractivity contribution in [2.45, 2.75) is 19.4 Å². The van der Waals surface area contributed by atoms with E-state index < -0.39 is 0 Å². The maximum Gasteiger partial charge on any atom is 0.253 e. The molecule has 0 bridgehead atoms. The van der Waals surface area contributed by atoms with Crippen molar-refractivity contribution in [2.75, 3.05) is 27.2 Å². The van der Waals surface area contributed by atoms with Gasteiger partial charge >= 0.3 is 0 Å². The molecule has 3 rings (SSSR count). The average molecular weight is 341 g/mol. The van der Waals surface area contributed by atoms with Crippen molar-refractivity contribution >= 4 is 5.91 Å². The van der Waals surface area contributed by atoms with Gasteiger partial charge in [-0.25, -0.2) is 4.39 Å². The molecule has 2 atom stereocenters. The number of halogens is 1. The average Bonchev–Trinajstić information content (AvgIpc) is 2.97. The highest BCUT2D eigenvalue weighted by atomic mass is 19.1. The van der Waals surface area contributed by atoms with Crippen molar-refractivity contribution in [1.82, 2.24) is 14.8 Å². The van der Waals surface area contributed by atoms with Gasteiger partial charge in [-0.15, -0.1) is 0 Å². The predicted molar refractivity (Wildman–Crippen MR) is 95.8 cm³/mol. The monoisotopic (exact) mass is 341 g/mol. The minimum absolute atomic E-state index is 0.0670. The fourth-order valence-corrected chi connectivity index (χ4v) is 3.73. The third kappa shape index (κ3) is 3.71. The van der Waals surface area contributed by atoms with Crippen LogP contribution in [0.2, 0.25) is 0 Å². The highest BCUT2D eigenvalue weighted by Gasteiger charge is 2.34. The summed E-state index contributed by atoms with van der Waals surface area (Å²) < 4.78 is 13.4. The van der Waals surface area contributed by atoms with E-state index in [2.05, 4.69) is 23.0 Å². The van der Waals surface area contributed by atoms with Gasteiger partial charge in [0.15, 0.2) is 0 Å². The maximum absolute atomic E-state index is 13.4. The number of nitrogens with zero attached hydrogens (tertiary/aromatic N) is 3. The van der Waals surface area contributed by atoms with Gasteiger partial charge in [-0.05, 0) is 68.2 Å². The standard InChI is InChI=1S/C20H24FN3O/c1-14-11-15(6-7-18(14)21)20(25)24(3)13-17-8-10-23(2)19(17)16-5-4-9-22-12-16/h4-7,9,11-12,17,19H,8,10,13H2,1-3H3/t17-,19-/m0/s1. The van der Waals surface area contributed by atoms with Gasteiger partial charge in [-0.1, -0.05) is 6.07 Å². The minimum Gasteiger partial charge on any atom is -0.341 e. The Kier molecular flexibility index (Phi) is 5.13. The summed E-state index contributed by atoms with van der Waals surface area (Å²) in [6.07, 6.45) is 4.72. The summed E-state index contributed by atoms with van der Waals surface area (Å²) in [6, 6.07) is 8.84. The Morgan fingerprint density at radius 1 is 1.40 bits per heavy atom. The van der Waals surface area contributed by atoms with E-state index in [9.17, 15) is 9.18 Å². The molecule has 1 amide bonds. The number of hydrogen-bond donors (Lipinski definition) is 0. The van der Waals surface area contributed by atoms with E-state index in [-0.39, 0.29) is 17.8 Å². The van der Waals surface area contributed by atoms with Crippen molar-refractivity contribution < 1.29 is 9.18 Å². The molecule has 2 aromatic rings. The second-order valence-corrected chi connectivity index (χ2v) is 6.91. The van der Waals surface area contributed by atoms with Crippen LogP contribution in [0.4, 0.5) is 4.39 Å². The highest BCUT2D eigenvalue weighted by molar-refractivity contribution is 5.94. The Balaban J connectivity index is 1.74. The molecule has 25 heavy (non-hydrogen) atoms. The first kappa shape index (κ1) is 17.5. The molecule has 1 aliphatic heterocycles. The molecule has 1 aromatic heterocycles. The molecule has 0 radical (unpaired) electrons. The van der Waals surface area contributed by atoms with Gasteiger partial charge in [0, 0.05) is 37.6 Å². The fourth-order valence-electron chi connectivity index (χ4n) is 3.73. The van der Waals surface area contributed by atoms with Gasteiger partial charge in [0.25, 0.3) is 5.91 Å². The molecule has 5 heteroatoms. The quantitative estimate of drug-likeness (QED) is 0.856. The van der Waals surface area contributed by atoms with E-state index in [1.54, 1.807) is 30.2 Å². The van der Waals surface area contributed by atoms with E-state index in [1.807, 2.05) is 19.3 Å². The molecule has 2 heterocycles. The number of likely N-dealkylation sites (tertiary alicyclic amines) is 1. The molecule has 0 unspecified atom stereocenters. The molecule has 1 saturated heterocycles. The van der Waals surface area contributed by atoms with E-state index in [0.717, 1.165) is 13.0 Å². The molecular weight excluding hydrogens is 317 g/mol. The summed E-state index contributed by atoms with van der Waals surface area (Å²) >= 11 is 0. The van der Waals surface area contributed by atoms with Crippen LogP contribution >= 0.6 is 0 Å². The van der Waals surface area contributed by atoms with Gasteiger partial charge in [-0.2, -0.15) is 0 Å². The topological polar surface area (TPSA) is 36.4 Å². The lowest BCUT2D eigenvalue weighted by Gasteiger charge is -2.28. The lowest BCUT2D eigenvalue weighted by atomic mass is 9.94. The zero-order chi connectivity index (χ0) is 18.0. The van der Waals surface area contributed by atoms with Gasteiger partial charge in [0.1, 0.15) is 5.82 Å². The molecule has 1 aromatic carbocycles. The zero-order valence-corrected chi connectivity index (χ0v) is 14.9. The molecule has 132 valence electrons. The molecule has 0 N–H and O–H groups in total. The van der Waals surface area contributed by atoms with Crippen molar-refractivity contribution in [3.8, 4) is 0 Å². The van der Waals surface area contributed by atoms with Gasteiger partial charge < -0.3 is 4.90 Å². The number of rotatable bonds is 4. The molecule has 1 fully saturated rings. The lowest BCUT2D eigenvalue weighted by Crippen LogP contribution is -2.34. The van der Waals surface area contributed by atoms with Gasteiger partial charge in [-0.3, -0.25) is 14.7 Å². The number of aromatic nitrogens is 1. The van der Waals surface area contributed by atoms with E-state index >= 15 is 0 Å².